The first-order valence-electron chi connectivity index (χ1n) is 3.79. The summed E-state index contributed by atoms with van der Waals surface area (Å²) in [7, 11) is 0. The van der Waals surface area contributed by atoms with Gasteiger partial charge in [0.25, 0.3) is 0 Å². The Morgan fingerprint density at radius 1 is 1.50 bits per heavy atom. The summed E-state index contributed by atoms with van der Waals surface area (Å²) in [5.74, 6) is 1.31. The van der Waals surface area contributed by atoms with Crippen molar-refractivity contribution in [2.45, 2.75) is 12.8 Å². The van der Waals surface area contributed by atoms with Crippen LogP contribution in [0.3, 0.4) is 0 Å². The van der Waals surface area contributed by atoms with Crippen LogP contribution in [0.4, 0.5) is 0 Å². The Morgan fingerprint density at radius 2 is 2.10 bits per heavy atom. The summed E-state index contributed by atoms with van der Waals surface area (Å²) >= 11 is 5.67. The summed E-state index contributed by atoms with van der Waals surface area (Å²) < 4.78 is 0. The highest BCUT2D eigenvalue weighted by molar-refractivity contribution is 6.19. The van der Waals surface area contributed by atoms with Crippen LogP contribution in [0.5, 0.6) is 0 Å². The van der Waals surface area contributed by atoms with Gasteiger partial charge in [-0.1, -0.05) is 12.2 Å². The molecule has 0 aromatic rings. The summed E-state index contributed by atoms with van der Waals surface area (Å²) in [6, 6.07) is 0. The molecule has 0 aromatic heterocycles. The minimum atomic E-state index is 0.630. The van der Waals surface area contributed by atoms with Crippen LogP contribution in [0.15, 0.2) is 12.2 Å². The lowest BCUT2D eigenvalue weighted by molar-refractivity contribution is 0.421. The van der Waals surface area contributed by atoms with Gasteiger partial charge in [0.1, 0.15) is 0 Å². The lowest BCUT2D eigenvalue weighted by Crippen LogP contribution is -2.28. The quantitative estimate of drug-likeness (QED) is 0.479. The Bertz CT molecular complexity index is 116. The Hall–Kier alpha value is -0.0100. The van der Waals surface area contributed by atoms with Crippen molar-refractivity contribution in [1.82, 2.24) is 5.32 Å². The maximum atomic E-state index is 5.67. The van der Waals surface area contributed by atoms with Gasteiger partial charge < -0.3 is 5.32 Å². The molecule has 1 N–H and O–H groups in total. The third kappa shape index (κ3) is 1.99. The minimum absolute atomic E-state index is 0.630. The van der Waals surface area contributed by atoms with E-state index in [9.17, 15) is 0 Å². The molecule has 1 heterocycles. The smallest absolute Gasteiger partial charge is 0.0433 e. The fraction of sp³-hybridized carbons (Fsp3) is 0.750. The summed E-state index contributed by atoms with van der Waals surface area (Å²) in [6.07, 6.45) is 2.43. The first-order chi connectivity index (χ1) is 4.84. The fourth-order valence-electron chi connectivity index (χ4n) is 1.34. The normalized spacial score (nSPS) is 20.9. The van der Waals surface area contributed by atoms with Crippen LogP contribution in [0.25, 0.3) is 0 Å². The highest BCUT2D eigenvalue weighted by Crippen LogP contribution is 2.20. The number of halogens is 1. The molecule has 10 heavy (non-hydrogen) atoms. The largest absolute Gasteiger partial charge is 0.317 e. The molecule has 1 saturated heterocycles. The van der Waals surface area contributed by atoms with E-state index in [2.05, 4.69) is 11.9 Å². The molecule has 58 valence electrons. The Labute approximate surface area is 67.5 Å². The predicted molar refractivity (Wildman–Crippen MR) is 45.5 cm³/mol. The summed E-state index contributed by atoms with van der Waals surface area (Å²) in [5, 5.41) is 3.31. The van der Waals surface area contributed by atoms with Crippen molar-refractivity contribution in [2.75, 3.05) is 19.0 Å². The van der Waals surface area contributed by atoms with Crippen molar-refractivity contribution < 1.29 is 0 Å². The molecular weight excluding hydrogens is 146 g/mol. The van der Waals surface area contributed by atoms with Crippen molar-refractivity contribution in [3.8, 4) is 0 Å². The Morgan fingerprint density at radius 3 is 2.60 bits per heavy atom. The fourth-order valence-corrected chi connectivity index (χ4v) is 1.56. The molecule has 0 aromatic carbocycles. The number of allylic oxidation sites excluding steroid dienone is 1. The molecule has 1 aliphatic heterocycles. The summed E-state index contributed by atoms with van der Waals surface area (Å²) in [6.45, 7) is 6.19. The van der Waals surface area contributed by atoms with Gasteiger partial charge in [0.2, 0.25) is 0 Å². The van der Waals surface area contributed by atoms with Crippen molar-refractivity contribution >= 4 is 11.6 Å². The average Bonchev–Trinajstić information content (AvgIpc) is 2.05. The first kappa shape index (κ1) is 8.09. The molecule has 0 saturated carbocycles. The molecule has 1 fully saturated rings. The second kappa shape index (κ2) is 3.99. The monoisotopic (exact) mass is 159 g/mol. The van der Waals surface area contributed by atoms with E-state index in [1.807, 2.05) is 0 Å². The number of piperidine rings is 1. The standard InChI is InChI=1S/C8H14ClN/c1-7(6-9)8-2-4-10-5-3-8/h8,10H,1-6H2. The number of hydrogen-bond donors (Lipinski definition) is 1. The zero-order valence-corrected chi connectivity index (χ0v) is 6.95. The minimum Gasteiger partial charge on any atom is -0.317 e. The van der Waals surface area contributed by atoms with E-state index in [4.69, 9.17) is 11.6 Å². The van der Waals surface area contributed by atoms with Crippen molar-refractivity contribution in [3.05, 3.63) is 12.2 Å². The van der Waals surface area contributed by atoms with Gasteiger partial charge in [-0.2, -0.15) is 0 Å². The maximum absolute atomic E-state index is 5.67. The van der Waals surface area contributed by atoms with E-state index in [0.29, 0.717) is 11.8 Å². The molecule has 0 bridgehead atoms. The molecular formula is C8H14ClN. The molecule has 1 nitrogen and oxygen atoms in total. The maximum Gasteiger partial charge on any atom is 0.0433 e. The molecule has 0 unspecified atom stereocenters. The van der Waals surface area contributed by atoms with Gasteiger partial charge in [-0.25, -0.2) is 0 Å². The van der Waals surface area contributed by atoms with Gasteiger partial charge in [-0.15, -0.1) is 11.6 Å². The summed E-state index contributed by atoms with van der Waals surface area (Å²) in [5.41, 5.74) is 1.21. The van der Waals surface area contributed by atoms with E-state index in [1.165, 1.54) is 18.4 Å². The van der Waals surface area contributed by atoms with Crippen LogP contribution >= 0.6 is 11.6 Å². The molecule has 0 aliphatic carbocycles. The molecule has 0 spiro atoms. The molecule has 1 aliphatic rings. The van der Waals surface area contributed by atoms with Crippen LogP contribution in [-0.2, 0) is 0 Å². The molecule has 2 heteroatoms. The first-order valence-corrected chi connectivity index (χ1v) is 4.32. The van der Waals surface area contributed by atoms with Crippen LogP contribution in [-0.4, -0.2) is 19.0 Å². The molecule has 1 rings (SSSR count). The van der Waals surface area contributed by atoms with Gasteiger partial charge in [0.05, 0.1) is 0 Å². The lowest BCUT2D eigenvalue weighted by atomic mass is 9.92. The van der Waals surface area contributed by atoms with E-state index in [0.717, 1.165) is 13.1 Å². The second-order valence-electron chi connectivity index (χ2n) is 2.82. The highest BCUT2D eigenvalue weighted by atomic mass is 35.5. The third-order valence-electron chi connectivity index (χ3n) is 2.09. The molecule has 0 amide bonds. The highest BCUT2D eigenvalue weighted by Gasteiger charge is 2.14. The second-order valence-corrected chi connectivity index (χ2v) is 3.08. The summed E-state index contributed by atoms with van der Waals surface area (Å²) in [4.78, 5) is 0. The zero-order valence-electron chi connectivity index (χ0n) is 6.20. The van der Waals surface area contributed by atoms with Gasteiger partial charge >= 0.3 is 0 Å². The van der Waals surface area contributed by atoms with E-state index >= 15 is 0 Å². The van der Waals surface area contributed by atoms with E-state index in [-0.39, 0.29) is 0 Å². The molecule has 0 radical (unpaired) electrons. The SMILES string of the molecule is C=C(CCl)C1CCNCC1. The van der Waals surface area contributed by atoms with Gasteiger partial charge in [0, 0.05) is 5.88 Å². The topological polar surface area (TPSA) is 12.0 Å². The van der Waals surface area contributed by atoms with Crippen molar-refractivity contribution in [1.29, 1.82) is 0 Å². The Kier molecular flexibility index (Phi) is 3.23. The number of nitrogens with one attached hydrogen (secondary N) is 1. The third-order valence-corrected chi connectivity index (χ3v) is 2.43. The zero-order chi connectivity index (χ0) is 7.40. The predicted octanol–water partition coefficient (Wildman–Crippen LogP) is 1.78. The van der Waals surface area contributed by atoms with E-state index < -0.39 is 0 Å². The van der Waals surface area contributed by atoms with Crippen molar-refractivity contribution in [3.63, 3.8) is 0 Å². The van der Waals surface area contributed by atoms with E-state index in [1.54, 1.807) is 0 Å². The average molecular weight is 160 g/mol. The van der Waals surface area contributed by atoms with Crippen LogP contribution in [0, 0.1) is 5.92 Å². The van der Waals surface area contributed by atoms with Gasteiger partial charge in [-0.3, -0.25) is 0 Å². The molecule has 0 atom stereocenters. The van der Waals surface area contributed by atoms with Crippen LogP contribution < -0.4 is 5.32 Å². The van der Waals surface area contributed by atoms with Gasteiger partial charge in [-0.05, 0) is 31.8 Å². The van der Waals surface area contributed by atoms with Crippen LogP contribution in [0.2, 0.25) is 0 Å². The van der Waals surface area contributed by atoms with Crippen molar-refractivity contribution in [2.24, 2.45) is 5.92 Å². The number of rotatable bonds is 2. The van der Waals surface area contributed by atoms with Gasteiger partial charge in [0.15, 0.2) is 0 Å². The Balaban J connectivity index is 2.31. The van der Waals surface area contributed by atoms with Crippen LogP contribution in [0.1, 0.15) is 12.8 Å². The number of alkyl halides is 1. The number of hydrogen-bond acceptors (Lipinski definition) is 1. The lowest BCUT2D eigenvalue weighted by Gasteiger charge is -2.23.